The minimum absolute atomic E-state index is 0.108. The molecule has 1 aliphatic heterocycles. The summed E-state index contributed by atoms with van der Waals surface area (Å²) in [7, 11) is 0. The van der Waals surface area contributed by atoms with Crippen LogP contribution in [-0.2, 0) is 16.0 Å². The molecule has 0 saturated carbocycles. The van der Waals surface area contributed by atoms with E-state index in [-0.39, 0.29) is 29.6 Å². The molecule has 0 fully saturated rings. The third-order valence-corrected chi connectivity index (χ3v) is 7.96. The van der Waals surface area contributed by atoms with Crippen molar-refractivity contribution < 1.29 is 19.2 Å². The maximum Gasteiger partial charge on any atom is 0.269 e. The summed E-state index contributed by atoms with van der Waals surface area (Å²) in [5.74, 6) is -0.594. The molecule has 3 aromatic rings. The van der Waals surface area contributed by atoms with Crippen molar-refractivity contribution in [2.75, 3.05) is 32.8 Å². The first-order chi connectivity index (χ1) is 18.3. The summed E-state index contributed by atoms with van der Waals surface area (Å²) in [6, 6.07) is 12.3. The van der Waals surface area contributed by atoms with Crippen LogP contribution in [-0.4, -0.2) is 59.4 Å². The Morgan fingerprint density at radius 1 is 1.16 bits per heavy atom. The summed E-state index contributed by atoms with van der Waals surface area (Å²) in [5.41, 5.74) is 1.95. The van der Waals surface area contributed by atoms with Crippen LogP contribution in [0.25, 0.3) is 0 Å². The smallest absolute Gasteiger partial charge is 0.269 e. The Hall–Kier alpha value is -2.98. The van der Waals surface area contributed by atoms with Gasteiger partial charge in [-0.3, -0.25) is 19.7 Å². The number of nitrogens with zero attached hydrogens (tertiary/aromatic N) is 3. The maximum absolute atomic E-state index is 13.8. The molecule has 200 valence electrons. The lowest BCUT2D eigenvalue weighted by Gasteiger charge is -2.38. The highest BCUT2D eigenvalue weighted by Gasteiger charge is 2.35. The van der Waals surface area contributed by atoms with Crippen molar-refractivity contribution in [3.8, 4) is 0 Å². The second kappa shape index (κ2) is 12.7. The van der Waals surface area contributed by atoms with Gasteiger partial charge in [-0.05, 0) is 66.6 Å². The molecule has 0 bridgehead atoms. The molecule has 0 spiro atoms. The molecule has 1 aliphatic rings. The van der Waals surface area contributed by atoms with Gasteiger partial charge < -0.3 is 14.5 Å². The van der Waals surface area contributed by atoms with E-state index < -0.39 is 11.0 Å². The molecule has 1 atom stereocenters. The molecule has 2 heterocycles. The Bertz CT molecular complexity index is 1310. The highest BCUT2D eigenvalue weighted by Crippen LogP contribution is 2.41. The van der Waals surface area contributed by atoms with Crippen LogP contribution in [0.2, 0.25) is 10.0 Å². The third-order valence-electron chi connectivity index (χ3n) is 6.40. The molecule has 38 heavy (non-hydrogen) atoms. The number of hydrogen-bond acceptors (Lipinski definition) is 6. The number of thiophene rings is 1. The van der Waals surface area contributed by atoms with Crippen LogP contribution < -0.4 is 0 Å². The molecule has 1 aromatic heterocycles. The number of halogens is 2. The van der Waals surface area contributed by atoms with Crippen molar-refractivity contribution in [2.45, 2.75) is 25.8 Å². The lowest BCUT2D eigenvalue weighted by molar-refractivity contribution is -0.384. The number of hydrogen-bond donors (Lipinski definition) is 0. The number of fused-ring (bicyclic) bond motifs is 1. The zero-order valence-electron chi connectivity index (χ0n) is 20.8. The summed E-state index contributed by atoms with van der Waals surface area (Å²) in [4.78, 5) is 42.2. The van der Waals surface area contributed by atoms with Gasteiger partial charge >= 0.3 is 0 Å². The number of nitro benzene ring substituents is 1. The average molecular weight is 577 g/mol. The molecule has 0 N–H and O–H groups in total. The fraction of sp³-hybridized carbons (Fsp3) is 0.333. The van der Waals surface area contributed by atoms with E-state index in [2.05, 4.69) is 0 Å². The predicted octanol–water partition coefficient (Wildman–Crippen LogP) is 6.01. The number of benzene rings is 2. The molecule has 4 rings (SSSR count). The van der Waals surface area contributed by atoms with Gasteiger partial charge in [-0.1, -0.05) is 29.3 Å². The van der Waals surface area contributed by atoms with Crippen LogP contribution in [0.1, 0.15) is 45.7 Å². The van der Waals surface area contributed by atoms with E-state index in [4.69, 9.17) is 27.9 Å². The van der Waals surface area contributed by atoms with Crippen molar-refractivity contribution in [3.05, 3.63) is 95.6 Å². The standard InChI is InChI=1S/C27H27Cl2N3O5S/c1-2-37-14-3-12-30(27(34)18-4-7-20(8-5-18)32(35)36)17-25(33)31-13-10-24-22(11-15-38-24)26(31)21-9-6-19(28)16-23(21)29/h4-9,11,15-16,26H,2-3,10,12-14,17H2,1H3. The fourth-order valence-electron chi connectivity index (χ4n) is 4.56. The van der Waals surface area contributed by atoms with E-state index in [1.54, 1.807) is 28.4 Å². The second-order valence-electron chi connectivity index (χ2n) is 8.79. The number of nitro groups is 1. The first-order valence-electron chi connectivity index (χ1n) is 12.2. The fourth-order valence-corrected chi connectivity index (χ4v) is 5.98. The lowest BCUT2D eigenvalue weighted by Crippen LogP contribution is -2.47. The van der Waals surface area contributed by atoms with Gasteiger partial charge in [-0.15, -0.1) is 11.3 Å². The number of amides is 2. The van der Waals surface area contributed by atoms with Crippen molar-refractivity contribution >= 4 is 52.0 Å². The highest BCUT2D eigenvalue weighted by molar-refractivity contribution is 7.10. The van der Waals surface area contributed by atoms with E-state index in [0.29, 0.717) is 49.2 Å². The Labute approximate surface area is 234 Å². The second-order valence-corrected chi connectivity index (χ2v) is 10.6. The van der Waals surface area contributed by atoms with Gasteiger partial charge in [0, 0.05) is 58.9 Å². The Balaban J connectivity index is 1.60. The monoisotopic (exact) mass is 575 g/mol. The molecule has 0 aliphatic carbocycles. The summed E-state index contributed by atoms with van der Waals surface area (Å²) >= 11 is 14.4. The zero-order chi connectivity index (χ0) is 27.2. The first-order valence-corrected chi connectivity index (χ1v) is 13.9. The molecule has 8 nitrogen and oxygen atoms in total. The van der Waals surface area contributed by atoms with Gasteiger partial charge in [-0.2, -0.15) is 0 Å². The summed E-state index contributed by atoms with van der Waals surface area (Å²) < 4.78 is 5.43. The van der Waals surface area contributed by atoms with Gasteiger partial charge in [0.05, 0.1) is 11.0 Å². The number of carbonyl (C=O) groups excluding carboxylic acids is 2. The molecular formula is C27H27Cl2N3O5S. The minimum Gasteiger partial charge on any atom is -0.382 e. The van der Waals surface area contributed by atoms with Crippen molar-refractivity contribution in [1.82, 2.24) is 9.80 Å². The molecule has 11 heteroatoms. The first kappa shape index (κ1) is 28.0. The predicted molar refractivity (Wildman–Crippen MR) is 148 cm³/mol. The summed E-state index contributed by atoms with van der Waals surface area (Å²) in [6.45, 7) is 3.51. The third kappa shape index (κ3) is 6.35. The summed E-state index contributed by atoms with van der Waals surface area (Å²) in [6.07, 6.45) is 1.25. The maximum atomic E-state index is 13.8. The number of carbonyl (C=O) groups is 2. The molecule has 1 unspecified atom stereocenters. The van der Waals surface area contributed by atoms with Crippen molar-refractivity contribution in [2.24, 2.45) is 0 Å². The van der Waals surface area contributed by atoms with Crippen LogP contribution in [0, 0.1) is 10.1 Å². The largest absolute Gasteiger partial charge is 0.382 e. The van der Waals surface area contributed by atoms with E-state index >= 15 is 0 Å². The molecule has 0 saturated heterocycles. The number of ether oxygens (including phenoxy) is 1. The Morgan fingerprint density at radius 3 is 2.61 bits per heavy atom. The van der Waals surface area contributed by atoms with Gasteiger partial charge in [-0.25, -0.2) is 0 Å². The average Bonchev–Trinajstić information content (AvgIpc) is 3.39. The van der Waals surface area contributed by atoms with Gasteiger partial charge in [0.2, 0.25) is 5.91 Å². The molecule has 0 radical (unpaired) electrons. The SMILES string of the molecule is CCOCCCN(CC(=O)N1CCc2sccc2C1c1ccc(Cl)cc1Cl)C(=O)c1ccc([N+](=O)[O-])cc1. The van der Waals surface area contributed by atoms with E-state index in [1.807, 2.05) is 24.4 Å². The summed E-state index contributed by atoms with van der Waals surface area (Å²) in [5, 5.41) is 14.0. The lowest BCUT2D eigenvalue weighted by atomic mass is 9.93. The van der Waals surface area contributed by atoms with Crippen LogP contribution in [0.3, 0.4) is 0 Å². The Morgan fingerprint density at radius 2 is 1.92 bits per heavy atom. The van der Waals surface area contributed by atoms with Crippen LogP contribution >= 0.6 is 34.5 Å². The number of rotatable bonds is 10. The van der Waals surface area contributed by atoms with Crippen LogP contribution in [0.4, 0.5) is 5.69 Å². The van der Waals surface area contributed by atoms with E-state index in [0.717, 1.165) is 11.1 Å². The molecule has 2 aromatic carbocycles. The molecular weight excluding hydrogens is 549 g/mol. The van der Waals surface area contributed by atoms with Crippen LogP contribution in [0.15, 0.2) is 53.9 Å². The van der Waals surface area contributed by atoms with Gasteiger partial charge in [0.15, 0.2) is 0 Å². The van der Waals surface area contributed by atoms with Crippen molar-refractivity contribution in [1.29, 1.82) is 0 Å². The van der Waals surface area contributed by atoms with Crippen molar-refractivity contribution in [3.63, 3.8) is 0 Å². The molecule has 2 amide bonds. The van der Waals surface area contributed by atoms with E-state index in [1.165, 1.54) is 34.0 Å². The zero-order valence-corrected chi connectivity index (χ0v) is 23.1. The highest BCUT2D eigenvalue weighted by atomic mass is 35.5. The minimum atomic E-state index is -0.519. The topological polar surface area (TPSA) is 93.0 Å². The Kier molecular flexibility index (Phi) is 9.38. The van der Waals surface area contributed by atoms with Crippen LogP contribution in [0.5, 0.6) is 0 Å². The van der Waals surface area contributed by atoms with Gasteiger partial charge in [0.25, 0.3) is 11.6 Å². The quantitative estimate of drug-likeness (QED) is 0.168. The number of non-ortho nitro benzene ring substituents is 1. The van der Waals surface area contributed by atoms with E-state index in [9.17, 15) is 19.7 Å². The van der Waals surface area contributed by atoms with Gasteiger partial charge in [0.1, 0.15) is 6.54 Å². The normalized spacial score (nSPS) is 14.7.